The summed E-state index contributed by atoms with van der Waals surface area (Å²) >= 11 is 0. The number of aryl methyl sites for hydroxylation is 2. The summed E-state index contributed by atoms with van der Waals surface area (Å²) in [5.74, 6) is 1.37. The summed E-state index contributed by atoms with van der Waals surface area (Å²) in [7, 11) is 1.79. The summed E-state index contributed by atoms with van der Waals surface area (Å²) in [6.45, 7) is 7.88. The van der Waals surface area contributed by atoms with Crippen molar-refractivity contribution in [1.29, 1.82) is 0 Å². The largest absolute Gasteiger partial charge is 0.338 e. The van der Waals surface area contributed by atoms with E-state index in [-0.39, 0.29) is 11.8 Å². The molecular formula is C26H34FN7O. The Kier molecular flexibility index (Phi) is 8.07. The zero-order valence-corrected chi connectivity index (χ0v) is 20.7. The Bertz CT molecular complexity index is 1130. The first-order chi connectivity index (χ1) is 16.9. The number of piperidine rings is 1. The van der Waals surface area contributed by atoms with Crippen LogP contribution in [-0.2, 0) is 19.9 Å². The third-order valence-electron chi connectivity index (χ3n) is 6.89. The number of carbonyl (C=O) groups is 1. The minimum Gasteiger partial charge on any atom is -0.338 e. The van der Waals surface area contributed by atoms with Crippen molar-refractivity contribution in [2.45, 2.75) is 33.1 Å². The van der Waals surface area contributed by atoms with Crippen LogP contribution in [0.4, 0.5) is 14.9 Å². The summed E-state index contributed by atoms with van der Waals surface area (Å²) in [5.41, 5.74) is 3.82. The van der Waals surface area contributed by atoms with Gasteiger partial charge in [-0.05, 0) is 89.5 Å². The van der Waals surface area contributed by atoms with E-state index in [4.69, 9.17) is 0 Å². The molecule has 1 aliphatic rings. The third kappa shape index (κ3) is 6.63. The Morgan fingerprint density at radius 2 is 1.97 bits per heavy atom. The molecule has 1 aromatic heterocycles. The lowest BCUT2D eigenvalue weighted by atomic mass is 9.87. The highest BCUT2D eigenvalue weighted by Gasteiger charge is 2.26. The molecule has 2 N–H and O–H groups in total. The molecule has 0 unspecified atom stereocenters. The fourth-order valence-electron chi connectivity index (χ4n) is 4.60. The number of tetrazole rings is 1. The van der Waals surface area contributed by atoms with Gasteiger partial charge in [0.2, 0.25) is 0 Å². The van der Waals surface area contributed by atoms with Gasteiger partial charge >= 0.3 is 6.03 Å². The van der Waals surface area contributed by atoms with E-state index < -0.39 is 0 Å². The highest BCUT2D eigenvalue weighted by Crippen LogP contribution is 2.24. The summed E-state index contributed by atoms with van der Waals surface area (Å²) in [6.07, 6.45) is 2.83. The lowest BCUT2D eigenvalue weighted by Crippen LogP contribution is -2.45. The molecule has 1 saturated heterocycles. The molecule has 1 aliphatic heterocycles. The van der Waals surface area contributed by atoms with Crippen LogP contribution < -0.4 is 10.6 Å². The number of urea groups is 1. The van der Waals surface area contributed by atoms with E-state index >= 15 is 0 Å². The number of anilines is 1. The number of hydrogen-bond acceptors (Lipinski definition) is 5. The molecule has 1 fully saturated rings. The number of rotatable bonds is 8. The van der Waals surface area contributed by atoms with E-state index in [0.29, 0.717) is 24.2 Å². The number of likely N-dealkylation sites (tertiary alicyclic amines) is 1. The minimum atomic E-state index is -0.212. The van der Waals surface area contributed by atoms with Crippen LogP contribution in [0.25, 0.3) is 11.4 Å². The molecule has 9 heteroatoms. The second kappa shape index (κ2) is 11.4. The van der Waals surface area contributed by atoms with Gasteiger partial charge in [-0.3, -0.25) is 0 Å². The SMILES string of the molecule is CCc1cc(NC(=O)NC[C@H]2CN(CCc3ccc(F)cc3)CC[C@H]2C)cc(-c2nnnn2C)c1. The van der Waals surface area contributed by atoms with Crippen molar-refractivity contribution in [3.05, 3.63) is 59.4 Å². The number of nitrogens with zero attached hydrogens (tertiary/aromatic N) is 5. The zero-order valence-electron chi connectivity index (χ0n) is 20.7. The average Bonchev–Trinajstić information content (AvgIpc) is 3.29. The number of hydrogen-bond donors (Lipinski definition) is 2. The van der Waals surface area contributed by atoms with Gasteiger partial charge < -0.3 is 15.5 Å². The Hall–Kier alpha value is -3.33. The maximum atomic E-state index is 13.1. The molecule has 2 heterocycles. The van der Waals surface area contributed by atoms with Gasteiger partial charge in [-0.1, -0.05) is 26.0 Å². The molecule has 35 heavy (non-hydrogen) atoms. The Morgan fingerprint density at radius 3 is 2.69 bits per heavy atom. The molecular weight excluding hydrogens is 445 g/mol. The fraction of sp³-hybridized carbons (Fsp3) is 0.462. The van der Waals surface area contributed by atoms with Crippen LogP contribution in [0, 0.1) is 17.7 Å². The second-order valence-corrected chi connectivity index (χ2v) is 9.44. The first kappa shape index (κ1) is 24.8. The molecule has 0 bridgehead atoms. The number of benzene rings is 2. The van der Waals surface area contributed by atoms with Gasteiger partial charge in [0, 0.05) is 37.9 Å². The molecule has 0 radical (unpaired) electrons. The monoisotopic (exact) mass is 479 g/mol. The van der Waals surface area contributed by atoms with Crippen molar-refractivity contribution in [3.63, 3.8) is 0 Å². The van der Waals surface area contributed by atoms with Crippen LogP contribution >= 0.6 is 0 Å². The van der Waals surface area contributed by atoms with E-state index in [9.17, 15) is 9.18 Å². The smallest absolute Gasteiger partial charge is 0.319 e. The van der Waals surface area contributed by atoms with Gasteiger partial charge in [-0.25, -0.2) is 13.9 Å². The number of halogens is 1. The molecule has 2 atom stereocenters. The van der Waals surface area contributed by atoms with E-state index in [0.717, 1.165) is 61.3 Å². The minimum absolute atomic E-state index is 0.201. The van der Waals surface area contributed by atoms with Crippen LogP contribution in [0.5, 0.6) is 0 Å². The van der Waals surface area contributed by atoms with Gasteiger partial charge in [-0.2, -0.15) is 0 Å². The molecule has 3 aromatic rings. The highest BCUT2D eigenvalue weighted by atomic mass is 19.1. The van der Waals surface area contributed by atoms with Crippen LogP contribution in [0.2, 0.25) is 0 Å². The number of amides is 2. The first-order valence-corrected chi connectivity index (χ1v) is 12.3. The quantitative estimate of drug-likeness (QED) is 0.512. The molecule has 2 amide bonds. The molecule has 2 aromatic carbocycles. The number of carbonyl (C=O) groups excluding carboxylic acids is 1. The van der Waals surface area contributed by atoms with Gasteiger partial charge in [0.25, 0.3) is 0 Å². The maximum Gasteiger partial charge on any atom is 0.319 e. The van der Waals surface area contributed by atoms with Crippen molar-refractivity contribution in [3.8, 4) is 11.4 Å². The normalized spacial score (nSPS) is 18.4. The summed E-state index contributed by atoms with van der Waals surface area (Å²) in [5, 5.41) is 17.8. The Labute approximate surface area is 205 Å². The van der Waals surface area contributed by atoms with Crippen LogP contribution in [0.1, 0.15) is 31.4 Å². The first-order valence-electron chi connectivity index (χ1n) is 12.3. The highest BCUT2D eigenvalue weighted by molar-refractivity contribution is 5.90. The standard InChI is InChI=1S/C26H34FN7O/c1-4-19-13-21(25-30-31-32-33(25)3)15-24(14-19)29-26(35)28-16-22-17-34(11-9-18(22)2)12-10-20-5-7-23(27)8-6-20/h5-8,13-15,18,22H,4,9-12,16-17H2,1-3H3,(H2,28,29,35)/t18-,22+/m1/s1. The molecule has 0 aliphatic carbocycles. The summed E-state index contributed by atoms with van der Waals surface area (Å²) in [6, 6.07) is 12.4. The molecule has 8 nitrogen and oxygen atoms in total. The number of aromatic nitrogens is 4. The predicted octanol–water partition coefficient (Wildman–Crippen LogP) is 3.90. The fourth-order valence-corrected chi connectivity index (χ4v) is 4.60. The van der Waals surface area contributed by atoms with Crippen molar-refractivity contribution in [2.24, 2.45) is 18.9 Å². The van der Waals surface area contributed by atoms with Crippen LogP contribution in [0.15, 0.2) is 42.5 Å². The topological polar surface area (TPSA) is 88.0 Å². The van der Waals surface area contributed by atoms with Crippen molar-refractivity contribution in [1.82, 2.24) is 30.4 Å². The molecule has 186 valence electrons. The van der Waals surface area contributed by atoms with Gasteiger partial charge in [0.15, 0.2) is 5.82 Å². The van der Waals surface area contributed by atoms with E-state index in [1.807, 2.05) is 30.3 Å². The Morgan fingerprint density at radius 1 is 1.17 bits per heavy atom. The average molecular weight is 480 g/mol. The van der Waals surface area contributed by atoms with E-state index in [2.05, 4.69) is 44.9 Å². The maximum absolute atomic E-state index is 13.1. The lowest BCUT2D eigenvalue weighted by molar-refractivity contribution is 0.129. The van der Waals surface area contributed by atoms with Crippen molar-refractivity contribution >= 4 is 11.7 Å². The summed E-state index contributed by atoms with van der Waals surface area (Å²) < 4.78 is 14.8. The van der Waals surface area contributed by atoms with Crippen LogP contribution in [0.3, 0.4) is 0 Å². The zero-order chi connectivity index (χ0) is 24.8. The number of nitrogens with one attached hydrogen (secondary N) is 2. The summed E-state index contributed by atoms with van der Waals surface area (Å²) in [4.78, 5) is 15.2. The third-order valence-corrected chi connectivity index (χ3v) is 6.89. The van der Waals surface area contributed by atoms with Crippen LogP contribution in [-0.4, -0.2) is 57.3 Å². The van der Waals surface area contributed by atoms with Gasteiger partial charge in [-0.15, -0.1) is 5.10 Å². The van der Waals surface area contributed by atoms with Gasteiger partial charge in [0.1, 0.15) is 5.82 Å². The van der Waals surface area contributed by atoms with Crippen molar-refractivity contribution in [2.75, 3.05) is 31.5 Å². The van der Waals surface area contributed by atoms with Crippen molar-refractivity contribution < 1.29 is 9.18 Å². The van der Waals surface area contributed by atoms with E-state index in [1.165, 1.54) is 12.1 Å². The lowest BCUT2D eigenvalue weighted by Gasteiger charge is -2.37. The van der Waals surface area contributed by atoms with E-state index in [1.54, 1.807) is 11.7 Å². The molecule has 0 spiro atoms. The van der Waals surface area contributed by atoms with Gasteiger partial charge in [0.05, 0.1) is 0 Å². The molecule has 0 saturated carbocycles. The predicted molar refractivity (Wildman–Crippen MR) is 134 cm³/mol. The molecule has 4 rings (SSSR count). The second-order valence-electron chi connectivity index (χ2n) is 9.44. The Balaban J connectivity index is 1.31.